The molecular weight excluding hydrogens is 246 g/mol. The second-order valence-electron chi connectivity index (χ2n) is 2.76. The van der Waals surface area contributed by atoms with E-state index >= 15 is 0 Å². The Bertz CT molecular complexity index is 318. The minimum atomic E-state index is -0.509. The molecule has 1 aromatic rings. The van der Waals surface area contributed by atoms with Crippen molar-refractivity contribution in [3.05, 3.63) is 29.8 Å². The van der Waals surface area contributed by atoms with Crippen molar-refractivity contribution in [3.8, 4) is 11.8 Å². The molecule has 1 unspecified atom stereocenters. The SMILES string of the molecule is N#Cc1ccc(OCC(O)CBr)cc1. The molecule has 1 N–H and O–H groups in total. The Hall–Kier alpha value is -1.05. The van der Waals surface area contributed by atoms with E-state index in [0.717, 1.165) is 0 Å². The third-order valence-corrected chi connectivity index (χ3v) is 2.35. The lowest BCUT2D eigenvalue weighted by Crippen LogP contribution is -2.18. The molecule has 0 amide bonds. The van der Waals surface area contributed by atoms with Gasteiger partial charge in [0.1, 0.15) is 12.4 Å². The van der Waals surface area contributed by atoms with Crippen LogP contribution in [-0.2, 0) is 0 Å². The van der Waals surface area contributed by atoms with E-state index in [0.29, 0.717) is 16.6 Å². The van der Waals surface area contributed by atoms with E-state index in [1.165, 1.54) is 0 Å². The summed E-state index contributed by atoms with van der Waals surface area (Å²) in [6, 6.07) is 8.79. The van der Waals surface area contributed by atoms with Gasteiger partial charge in [0, 0.05) is 5.33 Å². The molecule has 0 saturated heterocycles. The van der Waals surface area contributed by atoms with Crippen molar-refractivity contribution in [1.82, 2.24) is 0 Å². The molecule has 0 aromatic heterocycles. The summed E-state index contributed by atoms with van der Waals surface area (Å²) < 4.78 is 5.27. The van der Waals surface area contributed by atoms with E-state index < -0.39 is 6.10 Å². The van der Waals surface area contributed by atoms with Gasteiger partial charge >= 0.3 is 0 Å². The molecule has 0 fully saturated rings. The van der Waals surface area contributed by atoms with Crippen molar-refractivity contribution in [2.75, 3.05) is 11.9 Å². The van der Waals surface area contributed by atoms with Crippen LogP contribution in [0.4, 0.5) is 0 Å². The molecule has 0 radical (unpaired) electrons. The van der Waals surface area contributed by atoms with Gasteiger partial charge in [-0.2, -0.15) is 5.26 Å². The number of hydrogen-bond acceptors (Lipinski definition) is 3. The van der Waals surface area contributed by atoms with Crippen molar-refractivity contribution >= 4 is 15.9 Å². The molecule has 0 bridgehead atoms. The molecule has 0 heterocycles. The van der Waals surface area contributed by atoms with Crippen LogP contribution >= 0.6 is 15.9 Å². The van der Waals surface area contributed by atoms with Crippen molar-refractivity contribution in [2.45, 2.75) is 6.10 Å². The Morgan fingerprint density at radius 3 is 2.57 bits per heavy atom. The molecule has 0 saturated carbocycles. The number of halogens is 1. The Morgan fingerprint density at radius 2 is 2.07 bits per heavy atom. The van der Waals surface area contributed by atoms with Crippen molar-refractivity contribution in [3.63, 3.8) is 0 Å². The number of ether oxygens (including phenoxy) is 1. The molecule has 1 atom stereocenters. The van der Waals surface area contributed by atoms with Crippen molar-refractivity contribution in [1.29, 1.82) is 5.26 Å². The van der Waals surface area contributed by atoms with Crippen LogP contribution in [0.5, 0.6) is 5.75 Å². The number of aliphatic hydroxyl groups excluding tert-OH is 1. The number of hydrogen-bond donors (Lipinski definition) is 1. The number of rotatable bonds is 4. The number of benzene rings is 1. The molecule has 1 rings (SSSR count). The molecule has 14 heavy (non-hydrogen) atoms. The number of nitriles is 1. The van der Waals surface area contributed by atoms with Gasteiger partial charge in [0.25, 0.3) is 0 Å². The third-order valence-electron chi connectivity index (χ3n) is 1.60. The summed E-state index contributed by atoms with van der Waals surface area (Å²) in [7, 11) is 0. The first kappa shape index (κ1) is 11.0. The van der Waals surface area contributed by atoms with Gasteiger partial charge in [-0.05, 0) is 24.3 Å². The van der Waals surface area contributed by atoms with E-state index in [2.05, 4.69) is 15.9 Å². The smallest absolute Gasteiger partial charge is 0.119 e. The average molecular weight is 256 g/mol. The van der Waals surface area contributed by atoms with E-state index in [1.54, 1.807) is 24.3 Å². The Morgan fingerprint density at radius 1 is 1.43 bits per heavy atom. The first-order valence-corrected chi connectivity index (χ1v) is 5.25. The number of aliphatic hydroxyl groups is 1. The highest BCUT2D eigenvalue weighted by Gasteiger charge is 2.02. The van der Waals surface area contributed by atoms with Crippen LogP contribution in [-0.4, -0.2) is 23.1 Å². The average Bonchev–Trinajstić information content (AvgIpc) is 2.26. The molecule has 74 valence electrons. The van der Waals surface area contributed by atoms with Crippen LogP contribution in [0.3, 0.4) is 0 Å². The van der Waals surface area contributed by atoms with E-state index in [9.17, 15) is 5.11 Å². The summed E-state index contributed by atoms with van der Waals surface area (Å²) in [5, 5.41) is 18.2. The maximum absolute atomic E-state index is 9.20. The van der Waals surface area contributed by atoms with Gasteiger partial charge in [0.05, 0.1) is 17.7 Å². The molecule has 4 heteroatoms. The first-order valence-electron chi connectivity index (χ1n) is 4.13. The Labute approximate surface area is 91.1 Å². The Kier molecular flexibility index (Phi) is 4.44. The highest BCUT2D eigenvalue weighted by atomic mass is 79.9. The lowest BCUT2D eigenvalue weighted by molar-refractivity contribution is 0.127. The van der Waals surface area contributed by atoms with Crippen LogP contribution in [0.1, 0.15) is 5.56 Å². The third kappa shape index (κ3) is 3.36. The molecule has 0 aliphatic rings. The fourth-order valence-electron chi connectivity index (χ4n) is 0.863. The highest BCUT2D eigenvalue weighted by molar-refractivity contribution is 9.09. The fourth-order valence-corrected chi connectivity index (χ4v) is 1.05. The van der Waals surface area contributed by atoms with Crippen LogP contribution in [0.15, 0.2) is 24.3 Å². The monoisotopic (exact) mass is 255 g/mol. The summed E-state index contributed by atoms with van der Waals surface area (Å²) in [6.07, 6.45) is -0.509. The zero-order chi connectivity index (χ0) is 10.4. The number of alkyl halides is 1. The maximum Gasteiger partial charge on any atom is 0.119 e. The Balaban J connectivity index is 2.49. The van der Waals surface area contributed by atoms with Gasteiger partial charge in [-0.3, -0.25) is 0 Å². The number of nitrogens with zero attached hydrogens (tertiary/aromatic N) is 1. The molecule has 0 aliphatic carbocycles. The van der Waals surface area contributed by atoms with Crippen molar-refractivity contribution in [2.24, 2.45) is 0 Å². The largest absolute Gasteiger partial charge is 0.491 e. The maximum atomic E-state index is 9.20. The predicted octanol–water partition coefficient (Wildman–Crippen LogP) is 1.69. The van der Waals surface area contributed by atoms with Crippen LogP contribution in [0.2, 0.25) is 0 Å². The molecule has 3 nitrogen and oxygen atoms in total. The highest BCUT2D eigenvalue weighted by Crippen LogP contribution is 2.11. The summed E-state index contributed by atoms with van der Waals surface area (Å²) in [5.74, 6) is 0.656. The topological polar surface area (TPSA) is 53.2 Å². The van der Waals surface area contributed by atoms with E-state index in [-0.39, 0.29) is 6.61 Å². The summed E-state index contributed by atoms with van der Waals surface area (Å²) in [5.41, 5.74) is 0.596. The zero-order valence-electron chi connectivity index (χ0n) is 7.48. The molecule has 0 spiro atoms. The summed E-state index contributed by atoms with van der Waals surface area (Å²) in [4.78, 5) is 0. The molecule has 0 aliphatic heterocycles. The minimum absolute atomic E-state index is 0.247. The normalized spacial score (nSPS) is 11.8. The molecular formula is C10H10BrNO2. The minimum Gasteiger partial charge on any atom is -0.491 e. The standard InChI is InChI=1S/C10H10BrNO2/c11-5-9(13)7-14-10-3-1-8(6-12)2-4-10/h1-4,9,13H,5,7H2. The van der Waals surface area contributed by atoms with Gasteiger partial charge in [0.2, 0.25) is 0 Å². The van der Waals surface area contributed by atoms with Crippen LogP contribution < -0.4 is 4.74 Å². The first-order chi connectivity index (χ1) is 6.76. The fraction of sp³-hybridized carbons (Fsp3) is 0.300. The predicted molar refractivity (Wildman–Crippen MR) is 56.5 cm³/mol. The molecule has 1 aromatic carbocycles. The summed E-state index contributed by atoms with van der Waals surface area (Å²) >= 11 is 3.14. The second-order valence-corrected chi connectivity index (χ2v) is 3.40. The van der Waals surface area contributed by atoms with Gasteiger partial charge in [-0.25, -0.2) is 0 Å². The lowest BCUT2D eigenvalue weighted by Gasteiger charge is -2.09. The second kappa shape index (κ2) is 5.63. The van der Waals surface area contributed by atoms with Crippen LogP contribution in [0, 0.1) is 11.3 Å². The van der Waals surface area contributed by atoms with Gasteiger partial charge in [-0.1, -0.05) is 15.9 Å². The van der Waals surface area contributed by atoms with Crippen molar-refractivity contribution < 1.29 is 9.84 Å². The van der Waals surface area contributed by atoms with E-state index in [1.807, 2.05) is 6.07 Å². The van der Waals surface area contributed by atoms with Gasteiger partial charge < -0.3 is 9.84 Å². The van der Waals surface area contributed by atoms with Gasteiger partial charge in [0.15, 0.2) is 0 Å². The zero-order valence-corrected chi connectivity index (χ0v) is 9.07. The van der Waals surface area contributed by atoms with Gasteiger partial charge in [-0.15, -0.1) is 0 Å². The van der Waals surface area contributed by atoms with Crippen LogP contribution in [0.25, 0.3) is 0 Å². The summed E-state index contributed by atoms with van der Waals surface area (Å²) in [6.45, 7) is 0.247. The lowest BCUT2D eigenvalue weighted by atomic mass is 10.2. The quantitative estimate of drug-likeness (QED) is 0.834. The van der Waals surface area contributed by atoms with E-state index in [4.69, 9.17) is 10.00 Å².